The van der Waals surface area contributed by atoms with E-state index in [9.17, 15) is 4.79 Å². The van der Waals surface area contributed by atoms with Crippen molar-refractivity contribution in [2.75, 3.05) is 26.4 Å². The number of ether oxygens (including phenoxy) is 3. The molecule has 7 heteroatoms. The van der Waals surface area contributed by atoms with Crippen LogP contribution in [0.5, 0.6) is 23.0 Å². The van der Waals surface area contributed by atoms with E-state index in [-0.39, 0.29) is 18.7 Å². The van der Waals surface area contributed by atoms with Gasteiger partial charge in [0, 0.05) is 31.2 Å². The minimum Gasteiger partial charge on any atom is -0.454 e. The van der Waals surface area contributed by atoms with Crippen LogP contribution in [-0.4, -0.2) is 54.0 Å². The Kier molecular flexibility index (Phi) is 5.13. The number of aliphatic imine (C=N–C) groups is 1. The van der Waals surface area contributed by atoms with Gasteiger partial charge in [0.15, 0.2) is 17.2 Å². The lowest BCUT2D eigenvalue weighted by molar-refractivity contribution is 0.0581. The summed E-state index contributed by atoms with van der Waals surface area (Å²) in [7, 11) is 0. The highest BCUT2D eigenvalue weighted by atomic mass is 16.7. The molecular weight excluding hydrogens is 442 g/mol. The van der Waals surface area contributed by atoms with Gasteiger partial charge in [-0.15, -0.1) is 0 Å². The van der Waals surface area contributed by atoms with Gasteiger partial charge in [0.1, 0.15) is 17.3 Å². The maximum absolute atomic E-state index is 13.3. The van der Waals surface area contributed by atoms with E-state index in [0.29, 0.717) is 36.7 Å². The molecule has 1 fully saturated rings. The summed E-state index contributed by atoms with van der Waals surface area (Å²) in [5.74, 6) is 3.74. The zero-order valence-electron chi connectivity index (χ0n) is 20.1. The average molecular weight is 470 g/mol. The van der Waals surface area contributed by atoms with Crippen molar-refractivity contribution >= 4 is 17.4 Å². The van der Waals surface area contributed by atoms with Gasteiger partial charge in [-0.1, -0.05) is 17.7 Å². The molecule has 0 N–H and O–H groups in total. The minimum absolute atomic E-state index is 0.000656. The first-order valence-electron chi connectivity index (χ1n) is 11.9. The molecule has 3 heterocycles. The van der Waals surface area contributed by atoms with Crippen molar-refractivity contribution in [1.29, 1.82) is 0 Å². The molecule has 3 aliphatic heterocycles. The molecule has 6 rings (SSSR count). The van der Waals surface area contributed by atoms with Crippen molar-refractivity contribution in [3.05, 3.63) is 76.9 Å². The van der Waals surface area contributed by atoms with Gasteiger partial charge in [-0.05, 0) is 68.8 Å². The number of amides is 1. The molecular formula is C28H27N3O4. The van der Waals surface area contributed by atoms with Gasteiger partial charge in [0.2, 0.25) is 6.79 Å². The predicted molar refractivity (Wildman–Crippen MR) is 133 cm³/mol. The molecule has 0 aliphatic carbocycles. The maximum atomic E-state index is 13.3. The van der Waals surface area contributed by atoms with Crippen LogP contribution >= 0.6 is 0 Å². The van der Waals surface area contributed by atoms with E-state index in [1.807, 2.05) is 30.0 Å². The number of aryl methyl sites for hydroxylation is 2. The van der Waals surface area contributed by atoms with E-state index in [1.165, 1.54) is 0 Å². The second-order valence-electron chi connectivity index (χ2n) is 9.37. The summed E-state index contributed by atoms with van der Waals surface area (Å²) in [6, 6.07) is 17.7. The Morgan fingerprint density at radius 2 is 1.66 bits per heavy atom. The first-order valence-corrected chi connectivity index (χ1v) is 11.9. The van der Waals surface area contributed by atoms with Crippen molar-refractivity contribution in [1.82, 2.24) is 9.80 Å². The fourth-order valence-corrected chi connectivity index (χ4v) is 4.88. The molecule has 0 bridgehead atoms. The Balaban J connectivity index is 1.29. The molecule has 1 amide bonds. The first-order chi connectivity index (χ1) is 17.0. The van der Waals surface area contributed by atoms with Gasteiger partial charge in [-0.25, -0.2) is 4.99 Å². The molecule has 0 saturated carbocycles. The van der Waals surface area contributed by atoms with Gasteiger partial charge < -0.3 is 24.0 Å². The van der Waals surface area contributed by atoms with Crippen molar-refractivity contribution in [2.45, 2.75) is 26.8 Å². The molecule has 0 radical (unpaired) electrons. The Morgan fingerprint density at radius 1 is 0.886 bits per heavy atom. The fraction of sp³-hybridized carbons (Fsp3) is 0.286. The van der Waals surface area contributed by atoms with Gasteiger partial charge in [-0.2, -0.15) is 0 Å². The molecule has 0 aromatic heterocycles. The number of piperazine rings is 1. The second-order valence-corrected chi connectivity index (χ2v) is 9.37. The number of amidine groups is 1. The highest BCUT2D eigenvalue weighted by Gasteiger charge is 2.32. The predicted octanol–water partition coefficient (Wildman–Crippen LogP) is 5.06. The number of rotatable bonds is 1. The highest BCUT2D eigenvalue weighted by molar-refractivity contribution is 6.04. The number of fused-ring (bicyclic) bond motifs is 3. The lowest BCUT2D eigenvalue weighted by atomic mass is 10.1. The van der Waals surface area contributed by atoms with Crippen LogP contribution in [0.2, 0.25) is 0 Å². The molecule has 3 aromatic rings. The fourth-order valence-electron chi connectivity index (χ4n) is 4.88. The summed E-state index contributed by atoms with van der Waals surface area (Å²) in [5, 5.41) is 0. The zero-order valence-corrected chi connectivity index (χ0v) is 20.1. The van der Waals surface area contributed by atoms with Crippen LogP contribution in [0.4, 0.5) is 5.69 Å². The summed E-state index contributed by atoms with van der Waals surface area (Å²) in [4.78, 5) is 22.6. The third-order valence-electron chi connectivity index (χ3n) is 6.74. The minimum atomic E-state index is -0.00125. The third kappa shape index (κ3) is 3.87. The van der Waals surface area contributed by atoms with E-state index in [0.717, 1.165) is 39.7 Å². The van der Waals surface area contributed by atoms with Gasteiger partial charge in [-0.3, -0.25) is 4.79 Å². The van der Waals surface area contributed by atoms with Crippen LogP contribution in [0.3, 0.4) is 0 Å². The molecule has 7 nitrogen and oxygen atoms in total. The van der Waals surface area contributed by atoms with Crippen molar-refractivity contribution in [3.63, 3.8) is 0 Å². The Hall–Kier alpha value is -4.00. The van der Waals surface area contributed by atoms with Gasteiger partial charge >= 0.3 is 0 Å². The van der Waals surface area contributed by atoms with E-state index in [2.05, 4.69) is 36.9 Å². The molecule has 3 aromatic carbocycles. The quantitative estimate of drug-likeness (QED) is 0.498. The van der Waals surface area contributed by atoms with Crippen LogP contribution in [-0.2, 0) is 0 Å². The molecule has 1 saturated heterocycles. The van der Waals surface area contributed by atoms with Crippen molar-refractivity contribution in [2.24, 2.45) is 4.99 Å². The summed E-state index contributed by atoms with van der Waals surface area (Å²) < 4.78 is 17.2. The normalized spacial score (nSPS) is 18.3. The summed E-state index contributed by atoms with van der Waals surface area (Å²) in [6.07, 6.45) is 0. The number of nitrogens with zero attached hydrogens (tertiary/aromatic N) is 3. The standard InChI is InChI=1S/C28H27N3O4/c1-17-5-8-23-21(12-17)27(29-22-7-4-18(2)13-25(22)35-23)30-10-11-31(19(3)15-30)28(32)20-6-9-24-26(14-20)34-16-33-24/h4-9,12-14,19H,10-11,15-16H2,1-3H3/t19-/m1/s1. The van der Waals surface area contributed by atoms with E-state index in [4.69, 9.17) is 19.2 Å². The molecule has 35 heavy (non-hydrogen) atoms. The van der Waals surface area contributed by atoms with Gasteiger partial charge in [0.05, 0.1) is 5.56 Å². The second kappa shape index (κ2) is 8.34. The van der Waals surface area contributed by atoms with Crippen LogP contribution in [0.15, 0.2) is 59.6 Å². The van der Waals surface area contributed by atoms with E-state index in [1.54, 1.807) is 18.2 Å². The van der Waals surface area contributed by atoms with Crippen molar-refractivity contribution in [3.8, 4) is 23.0 Å². The topological polar surface area (TPSA) is 63.6 Å². The van der Waals surface area contributed by atoms with Crippen molar-refractivity contribution < 1.29 is 19.0 Å². The zero-order chi connectivity index (χ0) is 24.1. The monoisotopic (exact) mass is 469 g/mol. The summed E-state index contributed by atoms with van der Waals surface area (Å²) in [5.41, 5.74) is 4.67. The number of hydrogen-bond acceptors (Lipinski definition) is 6. The third-order valence-corrected chi connectivity index (χ3v) is 6.74. The number of carbonyl (C=O) groups excluding carboxylic acids is 1. The number of benzene rings is 3. The number of hydrogen-bond donors (Lipinski definition) is 0. The summed E-state index contributed by atoms with van der Waals surface area (Å²) in [6.45, 7) is 8.34. The lowest BCUT2D eigenvalue weighted by Gasteiger charge is -2.41. The van der Waals surface area contributed by atoms with Crippen LogP contribution in [0, 0.1) is 13.8 Å². The van der Waals surface area contributed by atoms with Crippen LogP contribution in [0.1, 0.15) is 34.0 Å². The van der Waals surface area contributed by atoms with Crippen LogP contribution in [0.25, 0.3) is 0 Å². The molecule has 0 spiro atoms. The Bertz CT molecular complexity index is 1370. The lowest BCUT2D eigenvalue weighted by Crippen LogP contribution is -2.55. The van der Waals surface area contributed by atoms with E-state index < -0.39 is 0 Å². The molecule has 0 unspecified atom stereocenters. The average Bonchev–Trinajstić information content (AvgIpc) is 3.26. The highest BCUT2D eigenvalue weighted by Crippen LogP contribution is 2.39. The maximum Gasteiger partial charge on any atom is 0.254 e. The first kappa shape index (κ1) is 21.5. The van der Waals surface area contributed by atoms with Gasteiger partial charge in [0.25, 0.3) is 5.91 Å². The Labute approximate surface area is 204 Å². The van der Waals surface area contributed by atoms with E-state index >= 15 is 0 Å². The Morgan fingerprint density at radius 3 is 2.51 bits per heavy atom. The molecule has 178 valence electrons. The van der Waals surface area contributed by atoms with Crippen LogP contribution < -0.4 is 14.2 Å². The smallest absolute Gasteiger partial charge is 0.254 e. The largest absolute Gasteiger partial charge is 0.454 e. The summed E-state index contributed by atoms with van der Waals surface area (Å²) >= 11 is 0. The SMILES string of the molecule is Cc1ccc2c(c1)Oc1ccc(C)cc1C(N1CCN(C(=O)c3ccc4c(c3)OCO4)[C@H](C)C1)=N2. The molecule has 3 aliphatic rings. The number of carbonyl (C=O) groups is 1. The molecule has 1 atom stereocenters.